The lowest BCUT2D eigenvalue weighted by Crippen LogP contribution is -2.24. The zero-order chi connectivity index (χ0) is 23.8. The molecule has 176 valence electrons. The van der Waals surface area contributed by atoms with Crippen molar-refractivity contribution in [2.45, 2.75) is 24.7 Å². The molecule has 1 fully saturated rings. The van der Waals surface area contributed by atoms with E-state index < -0.39 is 25.0 Å². The standard InChI is InChI=1S/C20H21ClN4O6S2/c1-2-31-17-7-4-13(10-18(17)33(21,29)30)11-19(26)22-20-15-12-14(5-6-16(15)23-24-20)25-8-3-9-32(25,27)28/h4-7,10,12H,2-3,8-9,11H2,1H3,(H2,22,23,24,26). The Balaban J connectivity index is 1.57. The monoisotopic (exact) mass is 512 g/mol. The van der Waals surface area contributed by atoms with Crippen molar-refractivity contribution in [1.29, 1.82) is 0 Å². The van der Waals surface area contributed by atoms with Gasteiger partial charge >= 0.3 is 0 Å². The molecular formula is C20H21ClN4O6S2. The minimum absolute atomic E-state index is 0.0993. The first-order valence-electron chi connectivity index (χ1n) is 10.1. The fourth-order valence-electron chi connectivity index (χ4n) is 3.67. The molecular weight excluding hydrogens is 492 g/mol. The van der Waals surface area contributed by atoms with Gasteiger partial charge < -0.3 is 10.1 Å². The van der Waals surface area contributed by atoms with Crippen molar-refractivity contribution in [2.75, 3.05) is 28.5 Å². The largest absolute Gasteiger partial charge is 0.492 e. The summed E-state index contributed by atoms with van der Waals surface area (Å²) in [5, 5.41) is 10.2. The summed E-state index contributed by atoms with van der Waals surface area (Å²) < 4.78 is 54.9. The van der Waals surface area contributed by atoms with E-state index in [0.29, 0.717) is 35.1 Å². The van der Waals surface area contributed by atoms with Crippen LogP contribution in [-0.2, 0) is 30.3 Å². The topological polar surface area (TPSA) is 139 Å². The van der Waals surface area contributed by atoms with Gasteiger partial charge in [-0.25, -0.2) is 16.8 Å². The third-order valence-corrected chi connectivity index (χ3v) is 8.34. The zero-order valence-corrected chi connectivity index (χ0v) is 19.9. The summed E-state index contributed by atoms with van der Waals surface area (Å²) in [6.45, 7) is 2.37. The molecule has 1 amide bonds. The van der Waals surface area contributed by atoms with E-state index in [4.69, 9.17) is 15.4 Å². The smallest absolute Gasteiger partial charge is 0.264 e. The Morgan fingerprint density at radius 3 is 2.73 bits per heavy atom. The molecule has 1 saturated heterocycles. The molecule has 1 aromatic heterocycles. The molecule has 0 unspecified atom stereocenters. The van der Waals surface area contributed by atoms with Crippen LogP contribution >= 0.6 is 10.7 Å². The van der Waals surface area contributed by atoms with Gasteiger partial charge in [0.25, 0.3) is 9.05 Å². The van der Waals surface area contributed by atoms with Gasteiger partial charge in [0.05, 0.1) is 30.0 Å². The van der Waals surface area contributed by atoms with Gasteiger partial charge in [0.1, 0.15) is 10.6 Å². The van der Waals surface area contributed by atoms with Gasteiger partial charge in [0.15, 0.2) is 5.82 Å². The third kappa shape index (κ3) is 4.92. The molecule has 3 aromatic rings. The predicted octanol–water partition coefficient (Wildman–Crippen LogP) is 2.61. The van der Waals surface area contributed by atoms with Crippen LogP contribution in [-0.4, -0.2) is 51.8 Å². The van der Waals surface area contributed by atoms with Crippen LogP contribution < -0.4 is 14.4 Å². The highest BCUT2D eigenvalue weighted by Crippen LogP contribution is 2.31. The number of carbonyl (C=O) groups is 1. The summed E-state index contributed by atoms with van der Waals surface area (Å²) in [7, 11) is -1.91. The number of sulfonamides is 1. The van der Waals surface area contributed by atoms with E-state index >= 15 is 0 Å². The minimum Gasteiger partial charge on any atom is -0.492 e. The normalized spacial score (nSPS) is 15.6. The Morgan fingerprint density at radius 1 is 1.27 bits per heavy atom. The van der Waals surface area contributed by atoms with Gasteiger partial charge in [-0.2, -0.15) is 5.10 Å². The molecule has 2 N–H and O–H groups in total. The maximum atomic E-state index is 12.7. The Morgan fingerprint density at radius 2 is 2.06 bits per heavy atom. The van der Waals surface area contributed by atoms with E-state index in [9.17, 15) is 21.6 Å². The van der Waals surface area contributed by atoms with Crippen LogP contribution in [0, 0.1) is 0 Å². The second-order valence-corrected chi connectivity index (χ2v) is 12.0. The molecule has 0 atom stereocenters. The van der Waals surface area contributed by atoms with E-state index in [-0.39, 0.29) is 35.2 Å². The lowest BCUT2D eigenvalue weighted by Gasteiger charge is -2.16. The molecule has 2 heterocycles. The number of amides is 1. The number of rotatable bonds is 7. The number of anilines is 2. The molecule has 33 heavy (non-hydrogen) atoms. The number of ether oxygens (including phenoxy) is 1. The quantitative estimate of drug-likeness (QED) is 0.464. The number of aromatic nitrogens is 2. The predicted molar refractivity (Wildman–Crippen MR) is 125 cm³/mol. The number of hydrogen-bond donors (Lipinski definition) is 2. The molecule has 1 aliphatic heterocycles. The van der Waals surface area contributed by atoms with Gasteiger partial charge in [0, 0.05) is 22.6 Å². The lowest BCUT2D eigenvalue weighted by molar-refractivity contribution is -0.115. The van der Waals surface area contributed by atoms with Crippen LogP contribution in [0.5, 0.6) is 5.75 Å². The fraction of sp³-hybridized carbons (Fsp3) is 0.300. The van der Waals surface area contributed by atoms with E-state index in [2.05, 4.69) is 15.5 Å². The van der Waals surface area contributed by atoms with Crippen molar-refractivity contribution >= 4 is 58.1 Å². The van der Waals surface area contributed by atoms with Crippen LogP contribution in [0.15, 0.2) is 41.3 Å². The number of H-pyrrole nitrogens is 1. The van der Waals surface area contributed by atoms with Crippen molar-refractivity contribution in [3.05, 3.63) is 42.0 Å². The second-order valence-electron chi connectivity index (χ2n) is 7.42. The van der Waals surface area contributed by atoms with Gasteiger partial charge in [-0.1, -0.05) is 6.07 Å². The van der Waals surface area contributed by atoms with E-state index in [1.54, 1.807) is 31.2 Å². The number of hydrogen-bond acceptors (Lipinski definition) is 7. The van der Waals surface area contributed by atoms with Crippen molar-refractivity contribution < 1.29 is 26.4 Å². The highest BCUT2D eigenvalue weighted by Gasteiger charge is 2.29. The first-order valence-corrected chi connectivity index (χ1v) is 14.0. The molecule has 0 bridgehead atoms. The number of nitrogens with one attached hydrogen (secondary N) is 2. The van der Waals surface area contributed by atoms with E-state index in [1.807, 2.05) is 0 Å². The van der Waals surface area contributed by atoms with Crippen molar-refractivity contribution in [3.63, 3.8) is 0 Å². The molecule has 1 aliphatic rings. The maximum Gasteiger partial charge on any atom is 0.264 e. The van der Waals surface area contributed by atoms with Crippen LogP contribution in [0.4, 0.5) is 11.5 Å². The Hall–Kier alpha value is -2.83. The number of aromatic amines is 1. The van der Waals surface area contributed by atoms with Crippen LogP contribution in [0.3, 0.4) is 0 Å². The molecule has 10 nitrogen and oxygen atoms in total. The molecule has 2 aromatic carbocycles. The van der Waals surface area contributed by atoms with Gasteiger partial charge in [-0.15, -0.1) is 0 Å². The van der Waals surface area contributed by atoms with Crippen LogP contribution in [0.2, 0.25) is 0 Å². The molecule has 0 saturated carbocycles. The van der Waals surface area contributed by atoms with Gasteiger partial charge in [-0.3, -0.25) is 14.2 Å². The molecule has 0 aliphatic carbocycles. The van der Waals surface area contributed by atoms with E-state index in [0.717, 1.165) is 0 Å². The van der Waals surface area contributed by atoms with Crippen LogP contribution in [0.25, 0.3) is 10.9 Å². The minimum atomic E-state index is -4.07. The Kier molecular flexibility index (Phi) is 6.25. The summed E-state index contributed by atoms with van der Waals surface area (Å²) in [5.74, 6) is 0.0101. The number of carbonyl (C=O) groups excluding carboxylic acids is 1. The molecule has 4 rings (SSSR count). The Labute approximate surface area is 195 Å². The summed E-state index contributed by atoms with van der Waals surface area (Å²) in [6, 6.07) is 9.37. The summed E-state index contributed by atoms with van der Waals surface area (Å²) in [5.41, 5.74) is 1.54. The number of benzene rings is 2. The second kappa shape index (κ2) is 8.84. The number of halogens is 1. The average Bonchev–Trinajstić information content (AvgIpc) is 3.30. The van der Waals surface area contributed by atoms with Crippen molar-refractivity contribution in [2.24, 2.45) is 0 Å². The highest BCUT2D eigenvalue weighted by molar-refractivity contribution is 8.13. The summed E-state index contributed by atoms with van der Waals surface area (Å²) in [4.78, 5) is 12.4. The number of nitrogens with zero attached hydrogens (tertiary/aromatic N) is 2. The molecule has 0 spiro atoms. The first kappa shape index (κ1) is 23.3. The zero-order valence-electron chi connectivity index (χ0n) is 17.5. The highest BCUT2D eigenvalue weighted by atomic mass is 35.7. The average molecular weight is 513 g/mol. The fourth-order valence-corrected chi connectivity index (χ4v) is 6.25. The molecule has 0 radical (unpaired) electrons. The maximum absolute atomic E-state index is 12.7. The van der Waals surface area contributed by atoms with E-state index in [1.165, 1.54) is 16.4 Å². The third-order valence-electron chi connectivity index (χ3n) is 5.13. The van der Waals surface area contributed by atoms with Crippen molar-refractivity contribution in [1.82, 2.24) is 10.2 Å². The lowest BCUT2D eigenvalue weighted by atomic mass is 10.1. The Bertz CT molecular complexity index is 1440. The number of fused-ring (bicyclic) bond motifs is 1. The van der Waals surface area contributed by atoms with Gasteiger partial charge in [-0.05, 0) is 49.2 Å². The SMILES string of the molecule is CCOc1ccc(CC(=O)Nc2n[nH]c3ccc(N4CCCS4(=O)=O)cc23)cc1S(=O)(=O)Cl. The summed E-state index contributed by atoms with van der Waals surface area (Å²) >= 11 is 0. The van der Waals surface area contributed by atoms with Crippen LogP contribution in [0.1, 0.15) is 18.9 Å². The molecule has 13 heteroatoms. The van der Waals surface area contributed by atoms with Crippen molar-refractivity contribution in [3.8, 4) is 5.75 Å². The summed E-state index contributed by atoms with van der Waals surface area (Å²) in [6.07, 6.45) is 0.414. The first-order chi connectivity index (χ1) is 15.6. The van der Waals surface area contributed by atoms with Gasteiger partial charge in [0.2, 0.25) is 15.9 Å².